The van der Waals surface area contributed by atoms with Crippen molar-refractivity contribution in [3.05, 3.63) is 20.8 Å². The second kappa shape index (κ2) is 7.48. The summed E-state index contributed by atoms with van der Waals surface area (Å²) in [7, 11) is 0. The Morgan fingerprint density at radius 2 is 2.22 bits per heavy atom. The number of nitrogens with one attached hydrogen (secondary N) is 1. The summed E-state index contributed by atoms with van der Waals surface area (Å²) in [5.74, 6) is 0.465. The molecule has 18 heavy (non-hydrogen) atoms. The fourth-order valence-electron chi connectivity index (χ4n) is 2.36. The summed E-state index contributed by atoms with van der Waals surface area (Å²) in [6.07, 6.45) is 4.61. The van der Waals surface area contributed by atoms with E-state index in [2.05, 4.69) is 21.2 Å². The first-order chi connectivity index (χ1) is 8.20. The molecule has 1 amide bonds. The van der Waals surface area contributed by atoms with Crippen LogP contribution in [0.1, 0.15) is 36.0 Å². The highest BCUT2D eigenvalue weighted by Gasteiger charge is 2.25. The zero-order valence-electron chi connectivity index (χ0n) is 10.0. The van der Waals surface area contributed by atoms with E-state index in [1.807, 2.05) is 11.4 Å². The summed E-state index contributed by atoms with van der Waals surface area (Å²) in [5.41, 5.74) is 6.49. The number of hydrogen-bond acceptors (Lipinski definition) is 3. The SMILES string of the molecule is Cl.NCC1CCCCC1NC(=O)c1csc(Br)c1. The molecule has 1 aromatic heterocycles. The van der Waals surface area contributed by atoms with Gasteiger partial charge in [0, 0.05) is 11.4 Å². The minimum atomic E-state index is 0. The molecular formula is C12H18BrClN2OS. The number of hydrogen-bond donors (Lipinski definition) is 2. The van der Waals surface area contributed by atoms with Gasteiger partial charge in [-0.15, -0.1) is 23.7 Å². The number of carbonyl (C=O) groups excluding carboxylic acids is 1. The second-order valence-electron chi connectivity index (χ2n) is 4.50. The van der Waals surface area contributed by atoms with E-state index in [0.29, 0.717) is 12.5 Å². The zero-order chi connectivity index (χ0) is 12.3. The summed E-state index contributed by atoms with van der Waals surface area (Å²) in [4.78, 5) is 12.0. The van der Waals surface area contributed by atoms with Crippen molar-refractivity contribution in [1.29, 1.82) is 0 Å². The van der Waals surface area contributed by atoms with Crippen LogP contribution in [-0.2, 0) is 0 Å². The van der Waals surface area contributed by atoms with Crippen molar-refractivity contribution < 1.29 is 4.79 Å². The highest BCUT2D eigenvalue weighted by Crippen LogP contribution is 2.25. The Morgan fingerprint density at radius 1 is 1.50 bits per heavy atom. The Bertz CT molecular complexity index is 399. The third-order valence-electron chi connectivity index (χ3n) is 3.36. The largest absolute Gasteiger partial charge is 0.349 e. The molecule has 0 radical (unpaired) electrons. The molecule has 2 unspecified atom stereocenters. The fraction of sp³-hybridized carbons (Fsp3) is 0.583. The van der Waals surface area contributed by atoms with Gasteiger partial charge in [-0.1, -0.05) is 12.8 Å². The lowest BCUT2D eigenvalue weighted by Gasteiger charge is -2.31. The van der Waals surface area contributed by atoms with Crippen LogP contribution in [-0.4, -0.2) is 18.5 Å². The zero-order valence-corrected chi connectivity index (χ0v) is 13.2. The predicted molar refractivity (Wildman–Crippen MR) is 81.5 cm³/mol. The lowest BCUT2D eigenvalue weighted by atomic mass is 9.84. The normalized spacial score (nSPS) is 23.2. The van der Waals surface area contributed by atoms with Crippen LogP contribution >= 0.6 is 39.7 Å². The molecule has 6 heteroatoms. The van der Waals surface area contributed by atoms with E-state index in [1.165, 1.54) is 24.2 Å². The standard InChI is InChI=1S/C12H17BrN2OS.ClH/c13-11-5-9(7-17-11)12(16)15-10-4-2-1-3-8(10)6-14;/h5,7-8,10H,1-4,6,14H2,(H,15,16);1H. The maximum Gasteiger partial charge on any atom is 0.252 e. The van der Waals surface area contributed by atoms with Crippen LogP contribution in [0, 0.1) is 5.92 Å². The van der Waals surface area contributed by atoms with Crippen LogP contribution in [0.25, 0.3) is 0 Å². The van der Waals surface area contributed by atoms with Crippen LogP contribution in [0.15, 0.2) is 15.2 Å². The molecule has 2 rings (SSSR count). The van der Waals surface area contributed by atoms with Crippen molar-refractivity contribution in [1.82, 2.24) is 5.32 Å². The van der Waals surface area contributed by atoms with Crippen molar-refractivity contribution in [2.45, 2.75) is 31.7 Å². The second-order valence-corrected chi connectivity index (χ2v) is 6.79. The highest BCUT2D eigenvalue weighted by molar-refractivity contribution is 9.11. The van der Waals surface area contributed by atoms with Gasteiger partial charge in [-0.2, -0.15) is 0 Å². The Hall–Kier alpha value is -0.100. The van der Waals surface area contributed by atoms with Gasteiger partial charge in [0.1, 0.15) is 0 Å². The van der Waals surface area contributed by atoms with Gasteiger partial charge < -0.3 is 11.1 Å². The highest BCUT2D eigenvalue weighted by atomic mass is 79.9. The molecule has 0 aliphatic heterocycles. The van der Waals surface area contributed by atoms with E-state index in [-0.39, 0.29) is 24.4 Å². The minimum absolute atomic E-state index is 0. The van der Waals surface area contributed by atoms with Gasteiger partial charge in [0.05, 0.1) is 9.35 Å². The molecule has 0 saturated heterocycles. The summed E-state index contributed by atoms with van der Waals surface area (Å²) in [6.45, 7) is 0.665. The van der Waals surface area contributed by atoms with Crippen molar-refractivity contribution in [3.63, 3.8) is 0 Å². The lowest BCUT2D eigenvalue weighted by molar-refractivity contribution is 0.0908. The number of nitrogens with two attached hydrogens (primary N) is 1. The van der Waals surface area contributed by atoms with Crippen LogP contribution in [0.3, 0.4) is 0 Å². The van der Waals surface area contributed by atoms with Crippen molar-refractivity contribution in [2.24, 2.45) is 11.7 Å². The lowest BCUT2D eigenvalue weighted by Crippen LogP contribution is -2.44. The molecule has 1 aromatic rings. The Kier molecular flexibility index (Phi) is 6.63. The van der Waals surface area contributed by atoms with Gasteiger partial charge >= 0.3 is 0 Å². The van der Waals surface area contributed by atoms with Gasteiger partial charge in [0.2, 0.25) is 0 Å². The van der Waals surface area contributed by atoms with Crippen LogP contribution in [0.4, 0.5) is 0 Å². The molecular weight excluding hydrogens is 336 g/mol. The van der Waals surface area contributed by atoms with E-state index in [0.717, 1.165) is 22.2 Å². The average Bonchev–Trinajstić information content (AvgIpc) is 2.77. The maximum atomic E-state index is 12.0. The summed E-state index contributed by atoms with van der Waals surface area (Å²) >= 11 is 4.90. The summed E-state index contributed by atoms with van der Waals surface area (Å²) in [6, 6.07) is 2.11. The molecule has 0 spiro atoms. The number of rotatable bonds is 3. The van der Waals surface area contributed by atoms with E-state index in [4.69, 9.17) is 5.73 Å². The van der Waals surface area contributed by atoms with E-state index >= 15 is 0 Å². The Morgan fingerprint density at radius 3 is 2.83 bits per heavy atom. The fourth-order valence-corrected chi connectivity index (χ4v) is 3.50. The summed E-state index contributed by atoms with van der Waals surface area (Å²) in [5, 5.41) is 4.99. The smallest absolute Gasteiger partial charge is 0.252 e. The van der Waals surface area contributed by atoms with Crippen LogP contribution in [0.5, 0.6) is 0 Å². The van der Waals surface area contributed by atoms with Gasteiger partial charge in [-0.05, 0) is 47.3 Å². The van der Waals surface area contributed by atoms with Gasteiger partial charge in [0.15, 0.2) is 0 Å². The van der Waals surface area contributed by atoms with Gasteiger partial charge in [-0.25, -0.2) is 0 Å². The molecule has 1 aliphatic rings. The van der Waals surface area contributed by atoms with E-state index < -0.39 is 0 Å². The van der Waals surface area contributed by atoms with Gasteiger partial charge in [-0.3, -0.25) is 4.79 Å². The molecule has 1 aliphatic carbocycles. The topological polar surface area (TPSA) is 55.1 Å². The van der Waals surface area contributed by atoms with Crippen LogP contribution in [0.2, 0.25) is 0 Å². The van der Waals surface area contributed by atoms with Crippen molar-refractivity contribution in [3.8, 4) is 0 Å². The first-order valence-electron chi connectivity index (χ1n) is 5.95. The molecule has 1 heterocycles. The molecule has 1 saturated carbocycles. The Labute approximate surface area is 126 Å². The number of halogens is 2. The third kappa shape index (κ3) is 3.95. The van der Waals surface area contributed by atoms with E-state index in [1.54, 1.807) is 0 Å². The van der Waals surface area contributed by atoms with Crippen molar-refractivity contribution in [2.75, 3.05) is 6.54 Å². The molecule has 102 valence electrons. The first kappa shape index (κ1) is 16.0. The maximum absolute atomic E-state index is 12.0. The monoisotopic (exact) mass is 352 g/mol. The molecule has 1 fully saturated rings. The van der Waals surface area contributed by atoms with Crippen molar-refractivity contribution >= 4 is 45.6 Å². The average molecular weight is 354 g/mol. The molecule has 0 bridgehead atoms. The van der Waals surface area contributed by atoms with E-state index in [9.17, 15) is 4.79 Å². The molecule has 3 N–H and O–H groups in total. The molecule has 3 nitrogen and oxygen atoms in total. The third-order valence-corrected chi connectivity index (χ3v) is 4.86. The van der Waals surface area contributed by atoms with Crippen LogP contribution < -0.4 is 11.1 Å². The predicted octanol–water partition coefficient (Wildman–Crippen LogP) is 3.18. The molecule has 0 aromatic carbocycles. The first-order valence-corrected chi connectivity index (χ1v) is 7.63. The Balaban J connectivity index is 0.00000162. The molecule has 2 atom stereocenters. The minimum Gasteiger partial charge on any atom is -0.349 e. The summed E-state index contributed by atoms with van der Waals surface area (Å²) < 4.78 is 0.988. The number of amides is 1. The number of thiophene rings is 1. The van der Waals surface area contributed by atoms with Gasteiger partial charge in [0.25, 0.3) is 5.91 Å². The number of carbonyl (C=O) groups is 1. The quantitative estimate of drug-likeness (QED) is 0.877.